The predicted octanol–water partition coefficient (Wildman–Crippen LogP) is -0.251. The van der Waals surface area contributed by atoms with E-state index >= 15 is 0 Å². The van der Waals surface area contributed by atoms with E-state index in [9.17, 15) is 0 Å². The van der Waals surface area contributed by atoms with Crippen LogP contribution in [-0.2, 0) is 9.59 Å². The molecular formula is C4H7NaO4. The van der Waals surface area contributed by atoms with Gasteiger partial charge in [0.2, 0.25) is 0 Å². The van der Waals surface area contributed by atoms with Crippen molar-refractivity contribution in [2.45, 2.75) is 10.6 Å². The number of carboxylic acids is 2. The standard InChI is InChI=1S/C2H2O4.C2H5.Na/c3-1(4)2(5)6;1-2;/h(H,3,4)(H,5,6);1H2,2H3;. The van der Waals surface area contributed by atoms with Crippen LogP contribution in [0.1, 0.15) is 6.92 Å². The Hall–Kier alpha value is -0.0600. The first kappa shape index (κ1) is 11.7. The van der Waals surface area contributed by atoms with Gasteiger partial charge in [0, 0.05) is 0 Å². The van der Waals surface area contributed by atoms with Crippen LogP contribution in [0.25, 0.3) is 0 Å². The van der Waals surface area contributed by atoms with E-state index in [2.05, 4.69) is 6.92 Å². The van der Waals surface area contributed by atoms with Gasteiger partial charge in [0.25, 0.3) is 0 Å². The molecule has 0 aromatic rings. The molecule has 0 aromatic carbocycles. The second kappa shape index (κ2) is 7.94. The topological polar surface area (TPSA) is 74.6 Å². The van der Waals surface area contributed by atoms with E-state index in [1.807, 2.05) is 0 Å². The van der Waals surface area contributed by atoms with Crippen molar-refractivity contribution < 1.29 is 19.8 Å². The summed E-state index contributed by atoms with van der Waals surface area (Å²) in [4.78, 5) is 18.2. The number of hydrogen-bond donors (Lipinski definition) is 2. The van der Waals surface area contributed by atoms with Crippen molar-refractivity contribution in [1.82, 2.24) is 0 Å². The fraction of sp³-hybridized carbons (Fsp3) is 0.500. The zero-order chi connectivity index (χ0) is 7.86. The molecule has 0 atom stereocenters. The molecule has 0 spiro atoms. The van der Waals surface area contributed by atoms with Crippen LogP contribution in [0.2, 0.25) is 3.67 Å². The SMILES string of the molecule is C[CH2][Na].O=C(O)C(=O)O. The number of carbonyl (C=O) groups is 2. The summed E-state index contributed by atoms with van der Waals surface area (Å²) < 4.78 is 1.39. The Kier molecular flexibility index (Phi) is 10.3. The largest absolute Gasteiger partial charge is 0.473 e. The summed E-state index contributed by atoms with van der Waals surface area (Å²) in [6, 6.07) is 0. The van der Waals surface area contributed by atoms with Crippen LogP contribution in [0.3, 0.4) is 0 Å². The van der Waals surface area contributed by atoms with Crippen molar-refractivity contribution in [3.05, 3.63) is 0 Å². The van der Waals surface area contributed by atoms with Gasteiger partial charge in [0.15, 0.2) is 0 Å². The smallest absolute Gasteiger partial charge is 0.414 e. The first-order valence-corrected chi connectivity index (χ1v) is 3.93. The van der Waals surface area contributed by atoms with Crippen LogP contribution in [0.5, 0.6) is 0 Å². The molecule has 0 saturated heterocycles. The quantitative estimate of drug-likeness (QED) is 0.361. The molecular weight excluding hydrogens is 135 g/mol. The Bertz CT molecular complexity index is 88.7. The van der Waals surface area contributed by atoms with E-state index < -0.39 is 11.9 Å². The molecule has 0 aromatic heterocycles. The molecule has 0 unspecified atom stereocenters. The Labute approximate surface area is 70.3 Å². The zero-order valence-corrected chi connectivity index (χ0v) is 7.42. The van der Waals surface area contributed by atoms with Crippen molar-refractivity contribution in [2.75, 3.05) is 0 Å². The summed E-state index contributed by atoms with van der Waals surface area (Å²) in [6.45, 7) is 2.19. The van der Waals surface area contributed by atoms with Crippen LogP contribution < -0.4 is 0 Å². The van der Waals surface area contributed by atoms with Crippen molar-refractivity contribution in [2.24, 2.45) is 0 Å². The van der Waals surface area contributed by atoms with Crippen LogP contribution in [0, 0.1) is 0 Å². The summed E-state index contributed by atoms with van der Waals surface area (Å²) in [5.74, 6) is -3.65. The Morgan fingerprint density at radius 3 is 1.44 bits per heavy atom. The average Bonchev–Trinajstić information content (AvgIpc) is 1.68. The van der Waals surface area contributed by atoms with E-state index in [1.54, 1.807) is 0 Å². The van der Waals surface area contributed by atoms with Crippen LogP contribution >= 0.6 is 0 Å². The molecule has 0 amide bonds. The number of carboxylic acid groups (broad SMARTS) is 2. The maximum absolute atomic E-state index is 9.10. The maximum Gasteiger partial charge on any atom is 0.414 e. The van der Waals surface area contributed by atoms with Gasteiger partial charge in [-0.2, -0.15) is 0 Å². The minimum atomic E-state index is -1.82. The Balaban J connectivity index is 0. The van der Waals surface area contributed by atoms with Gasteiger partial charge in [0.05, 0.1) is 0 Å². The van der Waals surface area contributed by atoms with E-state index in [-0.39, 0.29) is 0 Å². The number of rotatable bonds is 0. The van der Waals surface area contributed by atoms with E-state index in [1.165, 1.54) is 31.6 Å². The van der Waals surface area contributed by atoms with Crippen LogP contribution in [0.4, 0.5) is 0 Å². The summed E-state index contributed by atoms with van der Waals surface area (Å²) in [5.41, 5.74) is 0. The van der Waals surface area contributed by atoms with Gasteiger partial charge in [-0.1, -0.05) is 0 Å². The number of hydrogen-bond acceptors (Lipinski definition) is 2. The van der Waals surface area contributed by atoms with Gasteiger partial charge in [-0.3, -0.25) is 0 Å². The first-order valence-electron chi connectivity index (χ1n) is 2.52. The Morgan fingerprint density at radius 1 is 1.33 bits per heavy atom. The summed E-state index contributed by atoms with van der Waals surface area (Å²) >= 11 is 1.37. The molecule has 0 rings (SSSR count). The third kappa shape index (κ3) is 18.0. The van der Waals surface area contributed by atoms with Gasteiger partial charge in [-0.15, -0.1) is 0 Å². The molecule has 0 fully saturated rings. The molecule has 0 bridgehead atoms. The molecule has 2 N–H and O–H groups in total. The van der Waals surface area contributed by atoms with Gasteiger partial charge in [-0.25, -0.2) is 9.59 Å². The fourth-order valence-electron chi connectivity index (χ4n) is 0. The molecule has 0 saturated carbocycles. The molecule has 48 valence electrons. The third-order valence-electron chi connectivity index (χ3n) is 0.183. The monoisotopic (exact) mass is 142 g/mol. The van der Waals surface area contributed by atoms with Crippen LogP contribution in [0.15, 0.2) is 0 Å². The normalized spacial score (nSPS) is 7.00. The van der Waals surface area contributed by atoms with Crippen molar-refractivity contribution in [3.63, 3.8) is 0 Å². The Morgan fingerprint density at radius 2 is 1.44 bits per heavy atom. The average molecular weight is 142 g/mol. The minimum absolute atomic E-state index is 1.37. The fourth-order valence-corrected chi connectivity index (χ4v) is 0. The van der Waals surface area contributed by atoms with Crippen molar-refractivity contribution >= 4 is 39.9 Å². The van der Waals surface area contributed by atoms with Crippen molar-refractivity contribution in [3.8, 4) is 0 Å². The summed E-state index contributed by atoms with van der Waals surface area (Å²) in [5, 5.41) is 14.8. The first-order chi connectivity index (χ1) is 4.06. The second-order valence-electron chi connectivity index (χ2n) is 1.32. The molecule has 0 aliphatic rings. The minimum Gasteiger partial charge on any atom is -0.473 e. The molecule has 5 heteroatoms. The van der Waals surface area contributed by atoms with E-state index in [0.29, 0.717) is 0 Å². The van der Waals surface area contributed by atoms with Crippen molar-refractivity contribution in [1.29, 1.82) is 0 Å². The molecule has 9 heavy (non-hydrogen) atoms. The van der Waals surface area contributed by atoms with Crippen LogP contribution in [-0.4, -0.2) is 50.1 Å². The predicted molar refractivity (Wildman–Crippen MR) is 31.5 cm³/mol. The van der Waals surface area contributed by atoms with Gasteiger partial charge < -0.3 is 10.2 Å². The molecule has 0 aliphatic carbocycles. The van der Waals surface area contributed by atoms with Gasteiger partial charge in [0.1, 0.15) is 0 Å². The molecule has 0 heterocycles. The molecule has 0 radical (unpaired) electrons. The molecule has 0 aliphatic heterocycles. The summed E-state index contributed by atoms with van der Waals surface area (Å²) in [7, 11) is 0. The molecule has 4 nitrogen and oxygen atoms in total. The third-order valence-corrected chi connectivity index (χ3v) is 0.183. The maximum atomic E-state index is 9.10. The summed E-state index contributed by atoms with van der Waals surface area (Å²) in [6.07, 6.45) is 0. The van der Waals surface area contributed by atoms with E-state index in [0.717, 1.165) is 0 Å². The number of aliphatic carboxylic acids is 2. The van der Waals surface area contributed by atoms with Gasteiger partial charge >= 0.3 is 50.5 Å². The second-order valence-corrected chi connectivity index (χ2v) is 2.73. The van der Waals surface area contributed by atoms with Gasteiger partial charge in [-0.05, 0) is 0 Å². The van der Waals surface area contributed by atoms with E-state index in [4.69, 9.17) is 19.8 Å². The zero-order valence-electron chi connectivity index (χ0n) is 5.42.